The predicted octanol–water partition coefficient (Wildman–Crippen LogP) is 3.01. The van der Waals surface area contributed by atoms with Crippen molar-refractivity contribution in [2.75, 3.05) is 0 Å². The van der Waals surface area contributed by atoms with E-state index < -0.39 is 0 Å². The molecule has 0 heterocycles. The molecule has 0 aromatic heterocycles. The summed E-state index contributed by atoms with van der Waals surface area (Å²) < 4.78 is 5.75. The van der Waals surface area contributed by atoms with Gasteiger partial charge in [-0.15, -0.1) is 0 Å². The Hall–Kier alpha value is -0.530. The lowest BCUT2D eigenvalue weighted by molar-refractivity contribution is -0.214. The summed E-state index contributed by atoms with van der Waals surface area (Å²) in [6.45, 7) is 6.12. The van der Waals surface area contributed by atoms with Gasteiger partial charge in [0.15, 0.2) is 0 Å². The molecule has 0 aromatic carbocycles. The zero-order valence-corrected chi connectivity index (χ0v) is 10.5. The Labute approximate surface area is 97.7 Å². The number of ether oxygens (including phenoxy) is 1. The molecule has 0 amide bonds. The summed E-state index contributed by atoms with van der Waals surface area (Å²) in [7, 11) is 0. The summed E-state index contributed by atoms with van der Waals surface area (Å²) in [5.41, 5.74) is -0.154. The first-order valence-electron chi connectivity index (χ1n) is 6.70. The quantitative estimate of drug-likeness (QED) is 0.637. The van der Waals surface area contributed by atoms with Crippen molar-refractivity contribution in [2.24, 2.45) is 29.6 Å². The van der Waals surface area contributed by atoms with Crippen LogP contribution in [0.1, 0.15) is 46.5 Å². The van der Waals surface area contributed by atoms with Crippen molar-refractivity contribution in [3.8, 4) is 0 Å². The lowest BCUT2D eigenvalue weighted by Crippen LogP contribution is -2.61. The summed E-state index contributed by atoms with van der Waals surface area (Å²) in [5.74, 6) is 3.74. The molecule has 4 saturated carbocycles. The van der Waals surface area contributed by atoms with Crippen LogP contribution in [0, 0.1) is 29.6 Å². The van der Waals surface area contributed by atoms with Crippen LogP contribution in [-0.4, -0.2) is 11.6 Å². The zero-order chi connectivity index (χ0) is 11.5. The molecule has 0 N–H and O–H groups in total. The maximum Gasteiger partial charge on any atom is 0.303 e. The molecule has 0 radical (unpaired) electrons. The highest BCUT2D eigenvalue weighted by Gasteiger charge is 2.59. The van der Waals surface area contributed by atoms with Crippen molar-refractivity contribution in [2.45, 2.75) is 52.1 Å². The van der Waals surface area contributed by atoms with Gasteiger partial charge in [0.25, 0.3) is 0 Å². The topological polar surface area (TPSA) is 26.3 Å². The highest BCUT2D eigenvalue weighted by molar-refractivity contribution is 5.66. The van der Waals surface area contributed by atoms with E-state index in [-0.39, 0.29) is 11.6 Å². The highest BCUT2D eigenvalue weighted by atomic mass is 16.6. The predicted molar refractivity (Wildman–Crippen MR) is 61.8 cm³/mol. The molecule has 4 bridgehead atoms. The second-order valence-corrected chi connectivity index (χ2v) is 6.51. The van der Waals surface area contributed by atoms with E-state index in [2.05, 4.69) is 13.8 Å². The molecule has 90 valence electrons. The first kappa shape index (κ1) is 10.6. The van der Waals surface area contributed by atoms with E-state index in [4.69, 9.17) is 4.74 Å². The van der Waals surface area contributed by atoms with Gasteiger partial charge in [0, 0.05) is 12.8 Å². The molecule has 4 aliphatic rings. The van der Waals surface area contributed by atoms with Gasteiger partial charge in [-0.05, 0) is 56.3 Å². The second kappa shape index (κ2) is 3.24. The van der Waals surface area contributed by atoms with E-state index in [1.807, 2.05) is 0 Å². The van der Waals surface area contributed by atoms with Crippen LogP contribution in [0.25, 0.3) is 0 Å². The number of rotatable bonds is 1. The monoisotopic (exact) mass is 222 g/mol. The van der Waals surface area contributed by atoms with E-state index in [1.54, 1.807) is 6.92 Å². The molecule has 4 rings (SSSR count). The summed E-state index contributed by atoms with van der Waals surface area (Å²) in [5, 5.41) is 0. The minimum absolute atomic E-state index is 0.0952. The van der Waals surface area contributed by atoms with Gasteiger partial charge in [-0.25, -0.2) is 0 Å². The Balaban J connectivity index is 1.92. The molecular weight excluding hydrogens is 200 g/mol. The maximum absolute atomic E-state index is 11.3. The Morgan fingerprint density at radius 1 is 1.25 bits per heavy atom. The lowest BCUT2D eigenvalue weighted by atomic mass is 9.47. The number of carbonyl (C=O) groups is 1. The van der Waals surface area contributed by atoms with Crippen LogP contribution in [-0.2, 0) is 9.53 Å². The molecule has 6 unspecified atom stereocenters. The molecule has 0 aliphatic heterocycles. The van der Waals surface area contributed by atoms with Gasteiger partial charge in [0.05, 0.1) is 0 Å². The Morgan fingerprint density at radius 3 is 2.69 bits per heavy atom. The van der Waals surface area contributed by atoms with Crippen molar-refractivity contribution < 1.29 is 9.53 Å². The third-order valence-corrected chi connectivity index (χ3v) is 5.72. The Morgan fingerprint density at radius 2 is 2.00 bits per heavy atom. The van der Waals surface area contributed by atoms with E-state index in [0.29, 0.717) is 11.8 Å². The number of esters is 1. The molecule has 2 heteroatoms. The average molecular weight is 222 g/mol. The van der Waals surface area contributed by atoms with Crippen molar-refractivity contribution in [1.82, 2.24) is 0 Å². The van der Waals surface area contributed by atoms with Crippen LogP contribution in [0.4, 0.5) is 0 Å². The molecule has 4 fully saturated rings. The fraction of sp³-hybridized carbons (Fsp3) is 0.929. The molecular formula is C14H22O2. The number of carbonyl (C=O) groups excluding carboxylic acids is 1. The van der Waals surface area contributed by atoms with Crippen molar-refractivity contribution in [3.63, 3.8) is 0 Å². The van der Waals surface area contributed by atoms with E-state index >= 15 is 0 Å². The SMILES string of the molecule is CC(=O)OC1(C)C2CC3CC(C2)C(C)C1C3. The normalized spacial score (nSPS) is 54.1. The molecule has 16 heavy (non-hydrogen) atoms. The van der Waals surface area contributed by atoms with Crippen LogP contribution < -0.4 is 0 Å². The van der Waals surface area contributed by atoms with Crippen LogP contribution in [0.2, 0.25) is 0 Å². The molecule has 0 saturated heterocycles. The second-order valence-electron chi connectivity index (χ2n) is 6.51. The van der Waals surface area contributed by atoms with Gasteiger partial charge in [-0.2, -0.15) is 0 Å². The van der Waals surface area contributed by atoms with E-state index in [9.17, 15) is 4.79 Å². The number of hydrogen-bond donors (Lipinski definition) is 0. The van der Waals surface area contributed by atoms with Crippen LogP contribution in [0.5, 0.6) is 0 Å². The van der Waals surface area contributed by atoms with Gasteiger partial charge in [-0.3, -0.25) is 4.79 Å². The maximum atomic E-state index is 11.3. The molecule has 0 spiro atoms. The van der Waals surface area contributed by atoms with Gasteiger partial charge in [0.2, 0.25) is 0 Å². The van der Waals surface area contributed by atoms with Gasteiger partial charge >= 0.3 is 5.97 Å². The number of hydrogen-bond acceptors (Lipinski definition) is 2. The third-order valence-electron chi connectivity index (χ3n) is 5.72. The van der Waals surface area contributed by atoms with Gasteiger partial charge < -0.3 is 4.74 Å². The molecule has 2 nitrogen and oxygen atoms in total. The summed E-state index contributed by atoms with van der Waals surface area (Å²) in [6, 6.07) is 0. The minimum Gasteiger partial charge on any atom is -0.459 e. The van der Waals surface area contributed by atoms with Crippen molar-refractivity contribution >= 4 is 5.97 Å². The lowest BCUT2D eigenvalue weighted by Gasteiger charge is -2.61. The summed E-state index contributed by atoms with van der Waals surface area (Å²) in [6.07, 6.45) is 5.31. The molecule has 4 aliphatic carbocycles. The summed E-state index contributed by atoms with van der Waals surface area (Å²) in [4.78, 5) is 11.3. The largest absolute Gasteiger partial charge is 0.459 e. The Bertz CT molecular complexity index is 325. The fourth-order valence-corrected chi connectivity index (χ4v) is 5.00. The fourth-order valence-electron chi connectivity index (χ4n) is 5.00. The smallest absolute Gasteiger partial charge is 0.303 e. The summed E-state index contributed by atoms with van der Waals surface area (Å²) >= 11 is 0. The molecule has 0 aromatic rings. The van der Waals surface area contributed by atoms with Crippen molar-refractivity contribution in [1.29, 1.82) is 0 Å². The van der Waals surface area contributed by atoms with E-state index in [0.717, 1.165) is 17.8 Å². The van der Waals surface area contributed by atoms with Gasteiger partial charge in [0.1, 0.15) is 5.60 Å². The minimum atomic E-state index is -0.154. The highest BCUT2D eigenvalue weighted by Crippen LogP contribution is 2.61. The molecule has 6 atom stereocenters. The first-order chi connectivity index (χ1) is 7.50. The standard InChI is InChI=1S/C14H22O2/c1-8-11-4-10-5-12(7-11)14(3,13(8)6-10)16-9(2)15/h8,10-13H,4-7H2,1-3H3. The van der Waals surface area contributed by atoms with Gasteiger partial charge in [-0.1, -0.05) is 6.92 Å². The van der Waals surface area contributed by atoms with Crippen molar-refractivity contribution in [3.05, 3.63) is 0 Å². The van der Waals surface area contributed by atoms with Crippen LogP contribution >= 0.6 is 0 Å². The van der Waals surface area contributed by atoms with E-state index in [1.165, 1.54) is 25.7 Å². The third kappa shape index (κ3) is 1.28. The van der Waals surface area contributed by atoms with Crippen LogP contribution in [0.15, 0.2) is 0 Å². The average Bonchev–Trinajstić information content (AvgIpc) is 2.20. The first-order valence-corrected chi connectivity index (χ1v) is 6.70. The van der Waals surface area contributed by atoms with Crippen LogP contribution in [0.3, 0.4) is 0 Å². The zero-order valence-electron chi connectivity index (χ0n) is 10.5. The Kier molecular flexibility index (Phi) is 2.15.